The van der Waals surface area contributed by atoms with Gasteiger partial charge in [-0.1, -0.05) is 78.9 Å². The summed E-state index contributed by atoms with van der Waals surface area (Å²) in [6.07, 6.45) is 0. The van der Waals surface area contributed by atoms with E-state index in [0.29, 0.717) is 11.3 Å². The highest BCUT2D eigenvalue weighted by atomic mass is 16.3. The monoisotopic (exact) mass is 275 g/mol. The van der Waals surface area contributed by atoms with Crippen molar-refractivity contribution in [2.45, 2.75) is 5.60 Å². The molecule has 0 aromatic heterocycles. The molecule has 0 aliphatic heterocycles. The van der Waals surface area contributed by atoms with Crippen LogP contribution in [0.5, 0.6) is 0 Å². The van der Waals surface area contributed by atoms with Crippen molar-refractivity contribution in [2.75, 3.05) is 5.73 Å². The molecular formula is C19H17NO. The number of anilines is 1. The summed E-state index contributed by atoms with van der Waals surface area (Å²) in [6.45, 7) is 0. The Bertz CT molecular complexity index is 683. The molecule has 3 rings (SSSR count). The first kappa shape index (κ1) is 13.4. The van der Waals surface area contributed by atoms with Gasteiger partial charge in [0.15, 0.2) is 0 Å². The zero-order valence-electron chi connectivity index (χ0n) is 11.6. The van der Waals surface area contributed by atoms with E-state index in [0.717, 1.165) is 11.1 Å². The van der Waals surface area contributed by atoms with Crippen LogP contribution in [-0.4, -0.2) is 5.11 Å². The van der Waals surface area contributed by atoms with Crippen LogP contribution in [-0.2, 0) is 5.60 Å². The third-order valence-electron chi connectivity index (χ3n) is 3.73. The van der Waals surface area contributed by atoms with Crippen LogP contribution >= 0.6 is 0 Å². The summed E-state index contributed by atoms with van der Waals surface area (Å²) in [5.41, 5.74) is 7.74. The standard InChI is InChI=1S/C19H17NO/c20-18-14-8-7-13-17(18)19(21,15-9-3-1-4-10-15)16-11-5-2-6-12-16/h1-14,21H,20H2. The van der Waals surface area contributed by atoms with Crippen molar-refractivity contribution < 1.29 is 5.11 Å². The van der Waals surface area contributed by atoms with Crippen LogP contribution in [0.4, 0.5) is 5.69 Å². The second-order valence-electron chi connectivity index (χ2n) is 5.03. The molecule has 0 aliphatic rings. The Morgan fingerprint density at radius 1 is 0.619 bits per heavy atom. The van der Waals surface area contributed by atoms with Gasteiger partial charge in [-0.25, -0.2) is 0 Å². The highest BCUT2D eigenvalue weighted by molar-refractivity contribution is 5.58. The Morgan fingerprint density at radius 2 is 1.05 bits per heavy atom. The number of benzene rings is 3. The van der Waals surface area contributed by atoms with Crippen molar-refractivity contribution in [1.82, 2.24) is 0 Å². The number of aliphatic hydroxyl groups is 1. The fraction of sp³-hybridized carbons (Fsp3) is 0.0526. The lowest BCUT2D eigenvalue weighted by molar-refractivity contribution is 0.126. The normalized spacial score (nSPS) is 11.3. The van der Waals surface area contributed by atoms with Gasteiger partial charge in [-0.2, -0.15) is 0 Å². The van der Waals surface area contributed by atoms with Gasteiger partial charge in [-0.3, -0.25) is 0 Å². The average molecular weight is 275 g/mol. The Balaban J connectivity index is 2.29. The van der Waals surface area contributed by atoms with Crippen molar-refractivity contribution in [3.63, 3.8) is 0 Å². The first-order valence-electron chi connectivity index (χ1n) is 6.91. The van der Waals surface area contributed by atoms with Crippen molar-refractivity contribution >= 4 is 5.69 Å². The molecule has 0 fully saturated rings. The largest absolute Gasteiger partial charge is 0.398 e. The van der Waals surface area contributed by atoms with E-state index in [1.807, 2.05) is 84.9 Å². The van der Waals surface area contributed by atoms with E-state index in [1.54, 1.807) is 0 Å². The summed E-state index contributed by atoms with van der Waals surface area (Å²) in [5, 5.41) is 11.5. The fourth-order valence-corrected chi connectivity index (χ4v) is 2.66. The van der Waals surface area contributed by atoms with Crippen molar-refractivity contribution in [3.05, 3.63) is 102 Å². The van der Waals surface area contributed by atoms with Crippen LogP contribution in [0.3, 0.4) is 0 Å². The lowest BCUT2D eigenvalue weighted by Gasteiger charge is -2.31. The van der Waals surface area contributed by atoms with Gasteiger partial charge >= 0.3 is 0 Å². The van der Waals surface area contributed by atoms with Crippen molar-refractivity contribution in [1.29, 1.82) is 0 Å². The number of hydrogen-bond donors (Lipinski definition) is 2. The van der Waals surface area contributed by atoms with Crippen molar-refractivity contribution in [3.8, 4) is 0 Å². The van der Waals surface area contributed by atoms with Gasteiger partial charge in [0, 0.05) is 11.3 Å². The third-order valence-corrected chi connectivity index (χ3v) is 3.73. The maximum Gasteiger partial charge on any atom is 0.142 e. The second kappa shape index (κ2) is 5.43. The molecule has 0 atom stereocenters. The van der Waals surface area contributed by atoms with Crippen LogP contribution < -0.4 is 5.73 Å². The van der Waals surface area contributed by atoms with Crippen molar-refractivity contribution in [2.24, 2.45) is 0 Å². The maximum absolute atomic E-state index is 11.5. The van der Waals surface area contributed by atoms with Crippen LogP contribution in [0.1, 0.15) is 16.7 Å². The molecule has 0 saturated heterocycles. The SMILES string of the molecule is Nc1ccccc1C(O)(c1ccccc1)c1ccccc1. The van der Waals surface area contributed by atoms with Crippen LogP contribution in [0.25, 0.3) is 0 Å². The molecule has 21 heavy (non-hydrogen) atoms. The highest BCUT2D eigenvalue weighted by Gasteiger charge is 2.34. The summed E-state index contributed by atoms with van der Waals surface area (Å²) in [5.74, 6) is 0. The van der Waals surface area contributed by atoms with Gasteiger partial charge in [-0.15, -0.1) is 0 Å². The van der Waals surface area contributed by atoms with Crippen LogP contribution in [0.2, 0.25) is 0 Å². The molecule has 2 nitrogen and oxygen atoms in total. The minimum Gasteiger partial charge on any atom is -0.398 e. The van der Waals surface area contributed by atoms with E-state index in [-0.39, 0.29) is 0 Å². The minimum atomic E-state index is -1.26. The second-order valence-corrected chi connectivity index (χ2v) is 5.03. The molecule has 3 aromatic rings. The van der Waals surface area contributed by atoms with E-state index in [4.69, 9.17) is 5.73 Å². The van der Waals surface area contributed by atoms with Gasteiger partial charge in [0.1, 0.15) is 5.60 Å². The van der Waals surface area contributed by atoms with E-state index >= 15 is 0 Å². The number of rotatable bonds is 3. The predicted octanol–water partition coefficient (Wildman–Crippen LogP) is 3.55. The zero-order valence-corrected chi connectivity index (χ0v) is 11.6. The first-order valence-corrected chi connectivity index (χ1v) is 6.91. The van der Waals surface area contributed by atoms with Gasteiger partial charge in [0.05, 0.1) is 0 Å². The van der Waals surface area contributed by atoms with Gasteiger partial charge in [0.25, 0.3) is 0 Å². The Kier molecular flexibility index (Phi) is 3.46. The predicted molar refractivity (Wildman–Crippen MR) is 85.8 cm³/mol. The van der Waals surface area contributed by atoms with E-state index in [2.05, 4.69) is 0 Å². The average Bonchev–Trinajstić information content (AvgIpc) is 2.56. The summed E-state index contributed by atoms with van der Waals surface area (Å²) in [7, 11) is 0. The Labute approximate surface area is 124 Å². The number of para-hydroxylation sites is 1. The fourth-order valence-electron chi connectivity index (χ4n) is 2.66. The molecule has 104 valence electrons. The van der Waals surface area contributed by atoms with Crippen LogP contribution in [0.15, 0.2) is 84.9 Å². The van der Waals surface area contributed by atoms with E-state index < -0.39 is 5.60 Å². The smallest absolute Gasteiger partial charge is 0.142 e. The van der Waals surface area contributed by atoms with E-state index in [9.17, 15) is 5.11 Å². The highest BCUT2D eigenvalue weighted by Crippen LogP contribution is 2.38. The summed E-state index contributed by atoms with van der Waals surface area (Å²) >= 11 is 0. The minimum absolute atomic E-state index is 0.577. The summed E-state index contributed by atoms with van der Waals surface area (Å²) in [6, 6.07) is 26.7. The lowest BCUT2D eigenvalue weighted by atomic mass is 9.80. The molecule has 3 aromatic carbocycles. The zero-order chi connectivity index (χ0) is 14.7. The summed E-state index contributed by atoms with van der Waals surface area (Å²) < 4.78 is 0. The molecule has 2 heteroatoms. The third kappa shape index (κ3) is 2.30. The number of nitrogens with two attached hydrogens (primary N) is 1. The quantitative estimate of drug-likeness (QED) is 0.567. The Morgan fingerprint density at radius 3 is 1.52 bits per heavy atom. The lowest BCUT2D eigenvalue weighted by Crippen LogP contribution is -2.29. The summed E-state index contributed by atoms with van der Waals surface area (Å²) in [4.78, 5) is 0. The topological polar surface area (TPSA) is 46.2 Å². The maximum atomic E-state index is 11.5. The molecule has 0 amide bonds. The van der Waals surface area contributed by atoms with Gasteiger partial charge in [0.2, 0.25) is 0 Å². The number of hydrogen-bond acceptors (Lipinski definition) is 2. The molecule has 0 radical (unpaired) electrons. The molecule has 0 bridgehead atoms. The Hall–Kier alpha value is -2.58. The molecule has 0 unspecified atom stereocenters. The van der Waals surface area contributed by atoms with E-state index in [1.165, 1.54) is 0 Å². The van der Waals surface area contributed by atoms with Crippen LogP contribution in [0, 0.1) is 0 Å². The molecule has 0 aliphatic carbocycles. The molecule has 3 N–H and O–H groups in total. The molecular weight excluding hydrogens is 258 g/mol. The van der Waals surface area contributed by atoms with Gasteiger partial charge in [-0.05, 0) is 17.2 Å². The first-order chi connectivity index (χ1) is 10.2. The number of nitrogen functional groups attached to an aromatic ring is 1. The molecule has 0 heterocycles. The van der Waals surface area contributed by atoms with Gasteiger partial charge < -0.3 is 10.8 Å². The molecule has 0 saturated carbocycles. The molecule has 0 spiro atoms.